The molecule has 0 radical (unpaired) electrons. The lowest BCUT2D eigenvalue weighted by molar-refractivity contribution is 1.07. The molecule has 256 valence electrons. The second kappa shape index (κ2) is 11.7. The van der Waals surface area contributed by atoms with Gasteiger partial charge in [-0.05, 0) is 53.6 Å². The Morgan fingerprint density at radius 1 is 0.345 bits per heavy atom. The van der Waals surface area contributed by atoms with Gasteiger partial charge in [0.1, 0.15) is 0 Å². The Labute approximate surface area is 319 Å². The van der Waals surface area contributed by atoms with Crippen LogP contribution < -0.4 is 0 Å². The van der Waals surface area contributed by atoms with Gasteiger partial charge in [-0.25, -0.2) is 15.0 Å². The molecular formula is C49H29N5S. The number of thiophene rings is 1. The Balaban J connectivity index is 1.00. The molecule has 0 aliphatic heterocycles. The topological polar surface area (TPSA) is 48.0 Å². The highest BCUT2D eigenvalue weighted by atomic mass is 32.1. The van der Waals surface area contributed by atoms with Crippen LogP contribution in [-0.2, 0) is 0 Å². The average Bonchev–Trinajstić information content (AvgIpc) is 4.02. The largest absolute Gasteiger partial charge is 0.309 e. The molecule has 0 saturated heterocycles. The van der Waals surface area contributed by atoms with E-state index in [2.05, 4.69) is 123 Å². The Morgan fingerprint density at radius 2 is 0.891 bits per heavy atom. The first-order valence-corrected chi connectivity index (χ1v) is 19.4. The van der Waals surface area contributed by atoms with Crippen molar-refractivity contribution in [1.82, 2.24) is 23.9 Å². The van der Waals surface area contributed by atoms with Crippen molar-refractivity contribution in [3.8, 4) is 51.0 Å². The molecule has 0 spiro atoms. The van der Waals surface area contributed by atoms with E-state index >= 15 is 0 Å². The standard InChI is InChI=1S/C49H29N5S/c1-3-11-30(12-4-1)47-50-48(31-13-5-2-6-14-31)52-49(51-47)34-15-9-16-35(25-34)53-42-20-8-7-17-36(42)39-26-32(21-23-43(39)53)33-22-24-44-40(27-33)37-18-10-19-38-41-28-55-29-45(41)54(44)46(37)38/h1-29H. The molecule has 5 heterocycles. The average molecular weight is 720 g/mol. The van der Waals surface area contributed by atoms with Crippen LogP contribution in [0.1, 0.15) is 0 Å². The maximum atomic E-state index is 5.02. The quantitative estimate of drug-likeness (QED) is 0.178. The molecule has 5 aromatic heterocycles. The van der Waals surface area contributed by atoms with Crippen molar-refractivity contribution in [3.63, 3.8) is 0 Å². The Morgan fingerprint density at radius 3 is 1.62 bits per heavy atom. The van der Waals surface area contributed by atoms with Crippen molar-refractivity contribution < 1.29 is 0 Å². The van der Waals surface area contributed by atoms with E-state index in [0.717, 1.165) is 33.4 Å². The van der Waals surface area contributed by atoms with E-state index in [1.165, 1.54) is 60.0 Å². The third kappa shape index (κ3) is 4.55. The molecule has 0 fully saturated rings. The summed E-state index contributed by atoms with van der Waals surface area (Å²) >= 11 is 1.77. The maximum Gasteiger partial charge on any atom is 0.164 e. The van der Waals surface area contributed by atoms with Crippen LogP contribution in [0.15, 0.2) is 175 Å². The molecule has 55 heavy (non-hydrogen) atoms. The molecule has 0 aliphatic rings. The minimum absolute atomic E-state index is 0.636. The lowest BCUT2D eigenvalue weighted by atomic mass is 10.00. The second-order valence-electron chi connectivity index (χ2n) is 14.1. The van der Waals surface area contributed by atoms with Crippen LogP contribution in [0.2, 0.25) is 0 Å². The highest BCUT2D eigenvalue weighted by Crippen LogP contribution is 2.42. The van der Waals surface area contributed by atoms with Gasteiger partial charge < -0.3 is 8.97 Å². The predicted octanol–water partition coefficient (Wildman–Crippen LogP) is 12.8. The molecule has 0 atom stereocenters. The number of hydrogen-bond acceptors (Lipinski definition) is 4. The molecule has 0 aliphatic carbocycles. The van der Waals surface area contributed by atoms with Gasteiger partial charge in [-0.2, -0.15) is 0 Å². The van der Waals surface area contributed by atoms with Crippen LogP contribution in [0.5, 0.6) is 0 Å². The van der Waals surface area contributed by atoms with E-state index in [1.54, 1.807) is 11.3 Å². The van der Waals surface area contributed by atoms with E-state index in [0.29, 0.717) is 17.5 Å². The van der Waals surface area contributed by atoms with Gasteiger partial charge in [0.05, 0.1) is 27.6 Å². The number of benzene rings is 7. The molecule has 5 nitrogen and oxygen atoms in total. The van der Waals surface area contributed by atoms with E-state index in [4.69, 9.17) is 15.0 Å². The third-order valence-corrected chi connectivity index (χ3v) is 11.8. The lowest BCUT2D eigenvalue weighted by Crippen LogP contribution is -2.01. The highest BCUT2D eigenvalue weighted by molar-refractivity contribution is 7.09. The number of aromatic nitrogens is 5. The van der Waals surface area contributed by atoms with E-state index < -0.39 is 0 Å². The molecule has 0 amide bonds. The Kier molecular flexibility index (Phi) is 6.44. The summed E-state index contributed by atoms with van der Waals surface area (Å²) in [6, 6.07) is 58.0. The molecule has 12 rings (SSSR count). The molecule has 7 aromatic carbocycles. The summed E-state index contributed by atoms with van der Waals surface area (Å²) < 4.78 is 4.81. The number of para-hydroxylation sites is 2. The maximum absolute atomic E-state index is 5.02. The van der Waals surface area contributed by atoms with Gasteiger partial charge in [-0.1, -0.05) is 121 Å². The van der Waals surface area contributed by atoms with Crippen LogP contribution in [0.25, 0.3) is 111 Å². The van der Waals surface area contributed by atoms with Gasteiger partial charge >= 0.3 is 0 Å². The fraction of sp³-hybridized carbons (Fsp3) is 0. The summed E-state index contributed by atoms with van der Waals surface area (Å²) in [6.45, 7) is 0. The number of nitrogens with zero attached hydrogens (tertiary/aromatic N) is 5. The zero-order chi connectivity index (χ0) is 36.0. The van der Waals surface area contributed by atoms with Gasteiger partial charge in [-0.3, -0.25) is 0 Å². The first-order valence-electron chi connectivity index (χ1n) is 18.4. The first kappa shape index (κ1) is 30.3. The van der Waals surface area contributed by atoms with Gasteiger partial charge in [0.15, 0.2) is 17.5 Å². The number of hydrogen-bond donors (Lipinski definition) is 0. The van der Waals surface area contributed by atoms with Crippen molar-refractivity contribution >= 4 is 71.2 Å². The summed E-state index contributed by atoms with van der Waals surface area (Å²) in [7, 11) is 0. The molecule has 0 bridgehead atoms. The SMILES string of the molecule is c1ccc(-c2nc(-c3ccccc3)nc(-c3cccc(-n4c5ccccc5c5cc(-c6ccc7c(c6)c6cccc8c9cscc9n7c68)ccc54)c3)n2)cc1. The van der Waals surface area contributed by atoms with Gasteiger partial charge in [0, 0.05) is 65.5 Å². The van der Waals surface area contributed by atoms with Gasteiger partial charge in [0.25, 0.3) is 0 Å². The third-order valence-electron chi connectivity index (χ3n) is 11.0. The normalized spacial score (nSPS) is 12.0. The summed E-state index contributed by atoms with van der Waals surface area (Å²) in [5.41, 5.74) is 12.4. The monoisotopic (exact) mass is 719 g/mol. The van der Waals surface area contributed by atoms with Crippen LogP contribution in [-0.4, -0.2) is 23.9 Å². The van der Waals surface area contributed by atoms with E-state index in [-0.39, 0.29) is 0 Å². The van der Waals surface area contributed by atoms with Crippen molar-refractivity contribution in [1.29, 1.82) is 0 Å². The molecule has 12 aromatic rings. The summed E-state index contributed by atoms with van der Waals surface area (Å²) in [5, 5.41) is 12.2. The number of rotatable bonds is 5. The van der Waals surface area contributed by atoms with E-state index in [1.807, 2.05) is 60.7 Å². The summed E-state index contributed by atoms with van der Waals surface area (Å²) in [4.78, 5) is 14.9. The highest BCUT2D eigenvalue weighted by Gasteiger charge is 2.20. The van der Waals surface area contributed by atoms with Crippen molar-refractivity contribution in [3.05, 3.63) is 175 Å². The van der Waals surface area contributed by atoms with Crippen LogP contribution in [0.4, 0.5) is 0 Å². The number of fused-ring (bicyclic) bond motifs is 9. The molecule has 6 heteroatoms. The zero-order valence-electron chi connectivity index (χ0n) is 29.4. The summed E-state index contributed by atoms with van der Waals surface area (Å²) in [5.74, 6) is 1.93. The fourth-order valence-corrected chi connectivity index (χ4v) is 9.35. The minimum Gasteiger partial charge on any atom is -0.309 e. The van der Waals surface area contributed by atoms with Crippen LogP contribution in [0, 0.1) is 0 Å². The van der Waals surface area contributed by atoms with Crippen LogP contribution >= 0.6 is 11.3 Å². The smallest absolute Gasteiger partial charge is 0.164 e. The molecule has 0 unspecified atom stereocenters. The van der Waals surface area contributed by atoms with Gasteiger partial charge in [0.2, 0.25) is 0 Å². The van der Waals surface area contributed by atoms with E-state index in [9.17, 15) is 0 Å². The predicted molar refractivity (Wildman–Crippen MR) is 228 cm³/mol. The first-order chi connectivity index (χ1) is 27.3. The van der Waals surface area contributed by atoms with Gasteiger partial charge in [-0.15, -0.1) is 11.3 Å². The lowest BCUT2D eigenvalue weighted by Gasteiger charge is -2.12. The minimum atomic E-state index is 0.636. The Bertz CT molecular complexity index is 3370. The van der Waals surface area contributed by atoms with Crippen molar-refractivity contribution in [2.24, 2.45) is 0 Å². The molecule has 0 N–H and O–H groups in total. The second-order valence-corrected chi connectivity index (χ2v) is 14.9. The molecule has 0 saturated carbocycles. The van der Waals surface area contributed by atoms with Crippen molar-refractivity contribution in [2.75, 3.05) is 0 Å². The Hall–Kier alpha value is -7.15. The molecular weight excluding hydrogens is 691 g/mol. The zero-order valence-corrected chi connectivity index (χ0v) is 30.2. The summed E-state index contributed by atoms with van der Waals surface area (Å²) in [6.07, 6.45) is 0. The van der Waals surface area contributed by atoms with Crippen LogP contribution in [0.3, 0.4) is 0 Å². The fourth-order valence-electron chi connectivity index (χ4n) is 8.53. The van der Waals surface area contributed by atoms with Crippen molar-refractivity contribution in [2.45, 2.75) is 0 Å².